The van der Waals surface area contributed by atoms with Gasteiger partial charge in [0.25, 0.3) is 0 Å². The molecule has 0 atom stereocenters. The van der Waals surface area contributed by atoms with Crippen molar-refractivity contribution in [1.29, 1.82) is 0 Å². The van der Waals surface area contributed by atoms with Gasteiger partial charge in [-0.25, -0.2) is 0 Å². The van der Waals surface area contributed by atoms with E-state index in [0.717, 1.165) is 19.3 Å². The van der Waals surface area contributed by atoms with E-state index in [9.17, 15) is 12.9 Å². The van der Waals surface area contributed by atoms with E-state index in [1.54, 1.807) is 0 Å². The molecule has 0 saturated carbocycles. The third kappa shape index (κ3) is 11.9. The molecule has 0 rings (SSSR count). The highest BCUT2D eigenvalue weighted by Gasteiger charge is 2.21. The molecule has 14 heavy (non-hydrogen) atoms. The van der Waals surface area contributed by atoms with Crippen LogP contribution in [0.25, 0.3) is 0 Å². The first-order valence-corrected chi connectivity index (χ1v) is 5.77. The Labute approximate surface area is 85.3 Å². The van der Waals surface area contributed by atoms with Crippen LogP contribution in [0, 0.1) is 0 Å². The lowest BCUT2D eigenvalue weighted by molar-refractivity contribution is 0.458. The van der Waals surface area contributed by atoms with Gasteiger partial charge in [0, 0.05) is 0 Å². The van der Waals surface area contributed by atoms with Crippen LogP contribution in [0.1, 0.15) is 58.3 Å². The van der Waals surface area contributed by atoms with Crippen molar-refractivity contribution in [2.45, 2.75) is 64.6 Å². The van der Waals surface area contributed by atoms with E-state index in [4.69, 9.17) is 0 Å². The summed E-state index contributed by atoms with van der Waals surface area (Å²) in [6.45, 7) is -2.38. The minimum atomic E-state index is -4.53. The zero-order valence-corrected chi connectivity index (χ0v) is 9.08. The fraction of sp³-hybridized carbons (Fsp3) is 1.00. The minimum Gasteiger partial charge on any atom is -0.449 e. The Morgan fingerprint density at radius 2 is 1.14 bits per heavy atom. The summed E-state index contributed by atoms with van der Waals surface area (Å²) in [6.07, 6.45) is 7.49. The van der Waals surface area contributed by atoms with E-state index in [2.05, 4.69) is 6.92 Å². The first-order valence-electron chi connectivity index (χ1n) is 5.77. The van der Waals surface area contributed by atoms with Gasteiger partial charge >= 0.3 is 6.98 Å². The molecule has 0 aromatic carbocycles. The summed E-state index contributed by atoms with van der Waals surface area (Å²) in [6, 6.07) is 0. The second kappa shape index (κ2) is 8.19. The van der Waals surface area contributed by atoms with E-state index in [0.29, 0.717) is 6.42 Å². The summed E-state index contributed by atoms with van der Waals surface area (Å²) in [7, 11) is 0. The largest absolute Gasteiger partial charge is 0.478 e. The van der Waals surface area contributed by atoms with Crippen LogP contribution in [0.2, 0.25) is 6.32 Å². The normalized spacial score (nSPS) is 12.0. The summed E-state index contributed by atoms with van der Waals surface area (Å²) in [5.74, 6) is 0. The van der Waals surface area contributed by atoms with Gasteiger partial charge in [-0.05, 0) is 0 Å². The summed E-state index contributed by atoms with van der Waals surface area (Å²) in [5.41, 5.74) is 0. The van der Waals surface area contributed by atoms with Crippen LogP contribution < -0.4 is 0 Å². The molecule has 4 heteroatoms. The van der Waals surface area contributed by atoms with Crippen LogP contribution in [0.3, 0.4) is 0 Å². The third-order valence-corrected chi connectivity index (χ3v) is 2.39. The van der Waals surface area contributed by atoms with Gasteiger partial charge in [0.1, 0.15) is 0 Å². The Balaban J connectivity index is 2.99. The predicted octanol–water partition coefficient (Wildman–Crippen LogP) is 4.97. The van der Waals surface area contributed by atoms with Gasteiger partial charge in [0.2, 0.25) is 0 Å². The van der Waals surface area contributed by atoms with Gasteiger partial charge in [-0.2, -0.15) is 0 Å². The second-order valence-electron chi connectivity index (χ2n) is 3.97. The van der Waals surface area contributed by atoms with E-state index >= 15 is 0 Å². The Hall–Kier alpha value is -0.145. The lowest BCUT2D eigenvalue weighted by Gasteiger charge is -2.12. The standard InChI is InChI=1S/C10H21BF3/c1-2-3-4-5-6-7-8-9-10-11(12,13)14/h2-10H2,1H3/q-1. The van der Waals surface area contributed by atoms with Crippen molar-refractivity contribution >= 4 is 6.98 Å². The molecule has 0 heterocycles. The van der Waals surface area contributed by atoms with Gasteiger partial charge in [0.05, 0.1) is 0 Å². The van der Waals surface area contributed by atoms with Crippen molar-refractivity contribution in [2.24, 2.45) is 0 Å². The quantitative estimate of drug-likeness (QED) is 0.371. The van der Waals surface area contributed by atoms with Crippen LogP contribution >= 0.6 is 0 Å². The zero-order valence-electron chi connectivity index (χ0n) is 9.08. The average molecular weight is 209 g/mol. The number of unbranched alkanes of at least 4 members (excludes halogenated alkanes) is 7. The third-order valence-electron chi connectivity index (χ3n) is 2.39. The predicted molar refractivity (Wildman–Crippen MR) is 56.5 cm³/mol. The van der Waals surface area contributed by atoms with Crippen LogP contribution in [-0.4, -0.2) is 6.98 Å². The molecular weight excluding hydrogens is 188 g/mol. The van der Waals surface area contributed by atoms with E-state index in [1.807, 2.05) is 0 Å². The highest BCUT2D eigenvalue weighted by Crippen LogP contribution is 2.19. The highest BCUT2D eigenvalue weighted by atomic mass is 19.4. The van der Waals surface area contributed by atoms with Gasteiger partial charge in [-0.1, -0.05) is 64.6 Å². The molecule has 0 N–H and O–H groups in total. The van der Waals surface area contributed by atoms with Crippen molar-refractivity contribution < 1.29 is 12.9 Å². The molecule has 0 aliphatic rings. The van der Waals surface area contributed by atoms with E-state index in [1.165, 1.54) is 25.7 Å². The SMILES string of the molecule is CCCCCCCCCC[B-](F)(F)F. The zero-order chi connectivity index (χ0) is 10.9. The van der Waals surface area contributed by atoms with Crippen molar-refractivity contribution in [2.75, 3.05) is 0 Å². The monoisotopic (exact) mass is 209 g/mol. The Morgan fingerprint density at radius 3 is 1.57 bits per heavy atom. The molecule has 0 unspecified atom stereocenters. The van der Waals surface area contributed by atoms with Crippen LogP contribution in [-0.2, 0) is 0 Å². The lowest BCUT2D eigenvalue weighted by atomic mass is 9.83. The molecule has 0 aliphatic carbocycles. The van der Waals surface area contributed by atoms with Crippen molar-refractivity contribution in [3.8, 4) is 0 Å². The molecule has 0 radical (unpaired) electrons. The van der Waals surface area contributed by atoms with Crippen molar-refractivity contribution in [1.82, 2.24) is 0 Å². The maximum atomic E-state index is 11.8. The van der Waals surface area contributed by atoms with Gasteiger partial charge in [0.15, 0.2) is 0 Å². The average Bonchev–Trinajstić information content (AvgIpc) is 2.08. The molecule has 0 bridgehead atoms. The summed E-state index contributed by atoms with van der Waals surface area (Å²) < 4.78 is 35.4. The van der Waals surface area contributed by atoms with Crippen LogP contribution in [0.5, 0.6) is 0 Å². The first-order chi connectivity index (χ1) is 6.56. The number of halogens is 3. The van der Waals surface area contributed by atoms with Crippen LogP contribution in [0.4, 0.5) is 12.9 Å². The van der Waals surface area contributed by atoms with Crippen molar-refractivity contribution in [3.63, 3.8) is 0 Å². The summed E-state index contributed by atoms with van der Waals surface area (Å²) in [5, 5.41) is 0. The lowest BCUT2D eigenvalue weighted by Crippen LogP contribution is -2.13. The Kier molecular flexibility index (Phi) is 8.10. The van der Waals surface area contributed by atoms with Gasteiger partial charge in [-0.3, -0.25) is 0 Å². The number of hydrogen-bond donors (Lipinski definition) is 0. The molecule has 0 saturated heterocycles. The van der Waals surface area contributed by atoms with Crippen molar-refractivity contribution in [3.05, 3.63) is 0 Å². The fourth-order valence-corrected chi connectivity index (χ4v) is 1.51. The fourth-order valence-electron chi connectivity index (χ4n) is 1.51. The molecular formula is C10H21BF3-. The highest BCUT2D eigenvalue weighted by molar-refractivity contribution is 6.58. The van der Waals surface area contributed by atoms with Crippen LogP contribution in [0.15, 0.2) is 0 Å². The smallest absolute Gasteiger partial charge is 0.449 e. The van der Waals surface area contributed by atoms with E-state index < -0.39 is 13.3 Å². The second-order valence-corrected chi connectivity index (χ2v) is 3.97. The summed E-state index contributed by atoms with van der Waals surface area (Å²) >= 11 is 0. The topological polar surface area (TPSA) is 0 Å². The first kappa shape index (κ1) is 13.9. The molecule has 0 spiro atoms. The minimum absolute atomic E-state index is 0.331. The molecule has 0 aromatic heterocycles. The maximum absolute atomic E-state index is 11.8. The molecule has 0 nitrogen and oxygen atoms in total. The van der Waals surface area contributed by atoms with E-state index in [-0.39, 0.29) is 0 Å². The van der Waals surface area contributed by atoms with Gasteiger partial charge < -0.3 is 12.9 Å². The molecule has 0 fully saturated rings. The molecule has 0 amide bonds. The maximum Gasteiger partial charge on any atom is 0.478 e. The Bertz CT molecular complexity index is 123. The molecule has 0 aliphatic heterocycles. The number of hydrogen-bond acceptors (Lipinski definition) is 0. The number of rotatable bonds is 9. The molecule has 86 valence electrons. The molecule has 0 aromatic rings. The Morgan fingerprint density at radius 1 is 0.714 bits per heavy atom. The summed E-state index contributed by atoms with van der Waals surface area (Å²) in [4.78, 5) is 0. The van der Waals surface area contributed by atoms with Gasteiger partial charge in [-0.15, -0.1) is 0 Å².